The minimum atomic E-state index is -4.85. The maximum atomic E-state index is 14.0. The molecular weight excluding hydrogens is 565 g/mol. The van der Waals surface area contributed by atoms with Gasteiger partial charge in [0.05, 0.1) is 19.3 Å². The van der Waals surface area contributed by atoms with Crippen molar-refractivity contribution in [1.29, 1.82) is 0 Å². The summed E-state index contributed by atoms with van der Waals surface area (Å²) in [7, 11) is 1.42. The minimum absolute atomic E-state index is 0.0534. The van der Waals surface area contributed by atoms with Gasteiger partial charge in [0, 0.05) is 10.6 Å². The normalized spacial score (nSPS) is 11.7. The zero-order valence-corrected chi connectivity index (χ0v) is 21.2. The van der Waals surface area contributed by atoms with Gasteiger partial charge in [0.2, 0.25) is 5.95 Å². The smallest absolute Gasteiger partial charge is 0.433 e. The van der Waals surface area contributed by atoms with Gasteiger partial charge < -0.3 is 4.74 Å². The molecule has 0 aliphatic rings. The number of benzene rings is 2. The fourth-order valence-corrected chi connectivity index (χ4v) is 4.16. The molecule has 0 fully saturated rings. The lowest BCUT2D eigenvalue weighted by Gasteiger charge is -2.11. The van der Waals surface area contributed by atoms with Crippen LogP contribution >= 0.6 is 23.2 Å². The van der Waals surface area contributed by atoms with Gasteiger partial charge in [0.25, 0.3) is 5.91 Å². The van der Waals surface area contributed by atoms with Gasteiger partial charge in [-0.05, 0) is 35.9 Å². The van der Waals surface area contributed by atoms with Gasteiger partial charge in [0.15, 0.2) is 17.0 Å². The second-order valence-corrected chi connectivity index (χ2v) is 8.90. The molecule has 9 nitrogen and oxygen atoms in total. The predicted molar refractivity (Wildman–Crippen MR) is 133 cm³/mol. The van der Waals surface area contributed by atoms with Crippen molar-refractivity contribution in [3.8, 4) is 17.0 Å². The van der Waals surface area contributed by atoms with Gasteiger partial charge in [-0.25, -0.2) is 23.6 Å². The first-order valence-corrected chi connectivity index (χ1v) is 11.7. The van der Waals surface area contributed by atoms with Crippen molar-refractivity contribution in [3.05, 3.63) is 87.7 Å². The molecule has 0 spiro atoms. The molecule has 0 saturated heterocycles. The lowest BCUT2D eigenvalue weighted by Crippen LogP contribution is -2.16. The highest BCUT2D eigenvalue weighted by Gasteiger charge is 2.37. The van der Waals surface area contributed by atoms with E-state index in [1.165, 1.54) is 36.3 Å². The van der Waals surface area contributed by atoms with Crippen LogP contribution in [0.25, 0.3) is 16.9 Å². The van der Waals surface area contributed by atoms with Crippen LogP contribution in [0.4, 0.5) is 23.5 Å². The fourth-order valence-electron chi connectivity index (χ4n) is 3.68. The number of carbonyl (C=O) groups excluding carboxylic acids is 1. The Balaban J connectivity index is 1.47. The third-order valence-corrected chi connectivity index (χ3v) is 6.21. The van der Waals surface area contributed by atoms with Crippen LogP contribution in [0, 0.1) is 5.82 Å². The molecule has 3 aromatic heterocycles. The van der Waals surface area contributed by atoms with Gasteiger partial charge in [-0.2, -0.15) is 18.3 Å². The van der Waals surface area contributed by atoms with Crippen molar-refractivity contribution < 1.29 is 27.1 Å². The number of amides is 1. The van der Waals surface area contributed by atoms with E-state index >= 15 is 0 Å². The number of nitrogens with one attached hydrogen (secondary N) is 1. The van der Waals surface area contributed by atoms with Gasteiger partial charge in [-0.3, -0.25) is 10.1 Å². The Bertz CT molecular complexity index is 1720. The van der Waals surface area contributed by atoms with Crippen molar-refractivity contribution in [2.75, 3.05) is 12.4 Å². The summed E-state index contributed by atoms with van der Waals surface area (Å²) in [6.07, 6.45) is -3.57. The zero-order chi connectivity index (χ0) is 27.9. The summed E-state index contributed by atoms with van der Waals surface area (Å²) in [6, 6.07) is 10.9. The lowest BCUT2D eigenvalue weighted by atomic mass is 10.1. The maximum Gasteiger partial charge on any atom is 0.433 e. The van der Waals surface area contributed by atoms with Gasteiger partial charge in [-0.15, -0.1) is 5.10 Å². The number of fused-ring (bicyclic) bond motifs is 1. The molecule has 1 N–H and O–H groups in total. The molecule has 0 aliphatic carbocycles. The maximum absolute atomic E-state index is 14.0. The van der Waals surface area contributed by atoms with Crippen LogP contribution in [0.1, 0.15) is 21.7 Å². The van der Waals surface area contributed by atoms with E-state index in [1.807, 2.05) is 0 Å². The first-order chi connectivity index (χ1) is 18.5. The third kappa shape index (κ3) is 5.36. The molecule has 1 amide bonds. The summed E-state index contributed by atoms with van der Waals surface area (Å²) in [4.78, 5) is 21.1. The highest BCUT2D eigenvalue weighted by molar-refractivity contribution is 6.37. The number of anilines is 1. The van der Waals surface area contributed by atoms with E-state index in [4.69, 9.17) is 27.9 Å². The monoisotopic (exact) mass is 579 g/mol. The van der Waals surface area contributed by atoms with Crippen molar-refractivity contribution in [2.24, 2.45) is 0 Å². The number of alkyl halides is 3. The molecule has 0 bridgehead atoms. The Hall–Kier alpha value is -4.23. The Morgan fingerprint density at radius 2 is 1.90 bits per heavy atom. The summed E-state index contributed by atoms with van der Waals surface area (Å²) < 4.78 is 62.1. The molecule has 0 radical (unpaired) electrons. The fraction of sp³-hybridized carbons (Fsp3) is 0.125. The Kier molecular flexibility index (Phi) is 6.87. The van der Waals surface area contributed by atoms with Crippen LogP contribution in [0.3, 0.4) is 0 Å². The van der Waals surface area contributed by atoms with E-state index in [0.29, 0.717) is 21.4 Å². The average molecular weight is 580 g/mol. The van der Waals surface area contributed by atoms with Gasteiger partial charge in [0.1, 0.15) is 22.9 Å². The average Bonchev–Trinajstić information content (AvgIpc) is 3.48. The molecule has 15 heteroatoms. The van der Waals surface area contributed by atoms with Crippen LogP contribution in [0.5, 0.6) is 5.75 Å². The lowest BCUT2D eigenvalue weighted by molar-refractivity contribution is -0.142. The number of rotatable bonds is 6. The van der Waals surface area contributed by atoms with E-state index < -0.39 is 34.3 Å². The standard InChI is InChI=1S/C24H15Cl2F4N7O2/c1-39-15-4-2-3-12(7-15)17-9-18(24(28,29)30)37-21(32-17)19(26)20(34-37)22(38)33-23-31-11-36(35-23)10-13-5-6-14(27)8-16(13)25/h2-9,11H,10H2,1H3,(H,33,35,38). The summed E-state index contributed by atoms with van der Waals surface area (Å²) in [6.45, 7) is 0.114. The molecular formula is C24H15Cl2F4N7O2. The first-order valence-electron chi connectivity index (χ1n) is 11.0. The SMILES string of the molecule is COc1cccc(-c2cc(C(F)(F)F)n3nc(C(=O)Nc4ncn(Cc5ccc(F)cc5Cl)n4)c(Cl)c3n2)c1. The quantitative estimate of drug-likeness (QED) is 0.257. The van der Waals surface area contributed by atoms with Gasteiger partial charge >= 0.3 is 6.18 Å². The molecule has 0 aliphatic heterocycles. The van der Waals surface area contributed by atoms with Crippen molar-refractivity contribution in [2.45, 2.75) is 12.7 Å². The molecule has 3 heterocycles. The van der Waals surface area contributed by atoms with Crippen LogP contribution in [-0.2, 0) is 12.7 Å². The van der Waals surface area contributed by atoms with E-state index in [1.54, 1.807) is 18.2 Å². The number of ether oxygens (including phenoxy) is 1. The van der Waals surface area contributed by atoms with E-state index in [9.17, 15) is 22.4 Å². The van der Waals surface area contributed by atoms with Crippen LogP contribution in [-0.4, -0.2) is 42.4 Å². The third-order valence-electron chi connectivity index (χ3n) is 5.51. The molecule has 200 valence electrons. The van der Waals surface area contributed by atoms with E-state index in [2.05, 4.69) is 25.5 Å². The second kappa shape index (κ2) is 10.2. The Labute approximate surface area is 227 Å². The number of carbonyl (C=O) groups is 1. The number of aromatic nitrogens is 6. The molecule has 0 unspecified atom stereocenters. The van der Waals surface area contributed by atoms with E-state index in [0.717, 1.165) is 12.1 Å². The van der Waals surface area contributed by atoms with Crippen molar-refractivity contribution in [1.82, 2.24) is 29.4 Å². The second-order valence-electron chi connectivity index (χ2n) is 8.11. The predicted octanol–water partition coefficient (Wildman–Crippen LogP) is 5.76. The highest BCUT2D eigenvalue weighted by Crippen LogP contribution is 2.35. The molecule has 0 saturated carbocycles. The summed E-state index contributed by atoms with van der Waals surface area (Å²) >= 11 is 12.3. The number of halogens is 6. The molecule has 2 aromatic carbocycles. The molecule has 5 aromatic rings. The van der Waals surface area contributed by atoms with Crippen LogP contribution in [0.15, 0.2) is 54.9 Å². The number of nitrogens with zero attached hydrogens (tertiary/aromatic N) is 6. The number of methoxy groups -OCH3 is 1. The highest BCUT2D eigenvalue weighted by atomic mass is 35.5. The topological polar surface area (TPSA) is 99.2 Å². The van der Waals surface area contributed by atoms with Crippen molar-refractivity contribution in [3.63, 3.8) is 0 Å². The van der Waals surface area contributed by atoms with Crippen LogP contribution < -0.4 is 10.1 Å². The molecule has 39 heavy (non-hydrogen) atoms. The Morgan fingerprint density at radius 3 is 2.62 bits per heavy atom. The number of hydrogen-bond acceptors (Lipinski definition) is 6. The molecule has 0 atom stereocenters. The summed E-state index contributed by atoms with van der Waals surface area (Å²) in [5.41, 5.74) is -1.26. The van der Waals surface area contributed by atoms with Crippen molar-refractivity contribution >= 4 is 40.7 Å². The summed E-state index contributed by atoms with van der Waals surface area (Å²) in [5, 5.41) is 9.99. The van der Waals surface area contributed by atoms with Gasteiger partial charge in [-0.1, -0.05) is 41.4 Å². The Morgan fingerprint density at radius 1 is 1.10 bits per heavy atom. The molecule has 5 rings (SSSR count). The first kappa shape index (κ1) is 26.4. The summed E-state index contributed by atoms with van der Waals surface area (Å²) in [5.74, 6) is -1.22. The zero-order valence-electron chi connectivity index (χ0n) is 19.7. The van der Waals surface area contributed by atoms with E-state index in [-0.39, 0.29) is 28.9 Å². The minimum Gasteiger partial charge on any atom is -0.497 e. The number of hydrogen-bond donors (Lipinski definition) is 1. The largest absolute Gasteiger partial charge is 0.497 e. The van der Waals surface area contributed by atoms with Crippen LogP contribution in [0.2, 0.25) is 10.0 Å².